The average molecular weight is 414 g/mol. The van der Waals surface area contributed by atoms with Gasteiger partial charge in [0.05, 0.1) is 4.88 Å². The lowest BCUT2D eigenvalue weighted by molar-refractivity contribution is -2.00. The Morgan fingerprint density at radius 3 is 1.93 bits per heavy atom. The van der Waals surface area contributed by atoms with Crippen molar-refractivity contribution in [2.24, 2.45) is 0 Å². The second kappa shape index (κ2) is 9.45. The molecular weight excluding hydrogens is 386 g/mol. The molecule has 0 saturated carbocycles. The molecule has 2 aromatic rings. The Balaban J connectivity index is 0.000000465. The van der Waals surface area contributed by atoms with E-state index >= 15 is 0 Å². The number of halogens is 1. The van der Waals surface area contributed by atoms with E-state index in [2.05, 4.69) is 56.0 Å². The SMILES string of the molecule is CC(C)c1cccc(C(C)C)c1-[n+]1csc2c1CCCCC2.[O-][Cl+3]([O-])([O-])[O-]. The van der Waals surface area contributed by atoms with Crippen LogP contribution in [0.3, 0.4) is 0 Å². The van der Waals surface area contributed by atoms with Crippen molar-refractivity contribution in [3.05, 3.63) is 45.4 Å². The number of thiazole rings is 1. The van der Waals surface area contributed by atoms with Gasteiger partial charge in [-0.05, 0) is 31.1 Å². The zero-order valence-electron chi connectivity index (χ0n) is 16.4. The molecule has 1 aliphatic rings. The Kier molecular flexibility index (Phi) is 7.80. The Morgan fingerprint density at radius 2 is 1.41 bits per heavy atom. The fourth-order valence-corrected chi connectivity index (χ4v) is 4.64. The van der Waals surface area contributed by atoms with Crippen LogP contribution in [0.4, 0.5) is 0 Å². The molecule has 0 fully saturated rings. The minimum Gasteiger partial charge on any atom is -0.222 e. The lowest BCUT2D eigenvalue weighted by Gasteiger charge is -2.17. The van der Waals surface area contributed by atoms with Gasteiger partial charge < -0.3 is 0 Å². The van der Waals surface area contributed by atoms with Crippen molar-refractivity contribution in [3.63, 3.8) is 0 Å². The van der Waals surface area contributed by atoms with Gasteiger partial charge in [-0.3, -0.25) is 0 Å². The first-order chi connectivity index (χ1) is 12.6. The van der Waals surface area contributed by atoms with Gasteiger partial charge in [-0.15, -0.1) is 10.2 Å². The summed E-state index contributed by atoms with van der Waals surface area (Å²) >= 11 is 1.96. The van der Waals surface area contributed by atoms with Gasteiger partial charge in [-0.1, -0.05) is 63.7 Å². The van der Waals surface area contributed by atoms with Gasteiger partial charge in [0.1, 0.15) is 0 Å². The second-order valence-electron chi connectivity index (χ2n) is 7.50. The molecule has 0 spiro atoms. The lowest BCUT2D eigenvalue weighted by Crippen LogP contribution is -2.68. The third-order valence-electron chi connectivity index (χ3n) is 4.81. The molecule has 27 heavy (non-hydrogen) atoms. The molecule has 0 N–H and O–H groups in total. The van der Waals surface area contributed by atoms with E-state index in [9.17, 15) is 0 Å². The number of nitrogens with zero attached hydrogens (tertiary/aromatic N) is 1. The summed E-state index contributed by atoms with van der Waals surface area (Å²) in [4.78, 5) is 1.62. The van der Waals surface area contributed by atoms with Gasteiger partial charge in [0.15, 0.2) is 0 Å². The summed E-state index contributed by atoms with van der Waals surface area (Å²) in [5, 5.41) is 0. The zero-order chi connectivity index (χ0) is 20.2. The quantitative estimate of drug-likeness (QED) is 0.548. The predicted molar refractivity (Wildman–Crippen MR) is 95.3 cm³/mol. The van der Waals surface area contributed by atoms with E-state index in [1.54, 1.807) is 10.6 Å². The fourth-order valence-electron chi connectivity index (χ4n) is 3.58. The van der Waals surface area contributed by atoms with Crippen molar-refractivity contribution >= 4 is 11.3 Å². The molecule has 3 rings (SSSR count). The van der Waals surface area contributed by atoms with Crippen LogP contribution >= 0.6 is 11.3 Å². The van der Waals surface area contributed by atoms with Gasteiger partial charge in [0.25, 0.3) is 0 Å². The number of rotatable bonds is 3. The normalized spacial score (nSPS) is 14.6. The number of hydrogen-bond acceptors (Lipinski definition) is 5. The van der Waals surface area contributed by atoms with Crippen molar-refractivity contribution in [2.45, 2.75) is 71.6 Å². The van der Waals surface area contributed by atoms with Gasteiger partial charge >= 0.3 is 0 Å². The molecule has 7 heteroatoms. The van der Waals surface area contributed by atoms with Crippen LogP contribution in [0.5, 0.6) is 0 Å². The van der Waals surface area contributed by atoms with Gasteiger partial charge in [-0.2, -0.15) is 4.57 Å². The maximum absolute atomic E-state index is 8.49. The summed E-state index contributed by atoms with van der Waals surface area (Å²) in [6.45, 7) is 9.26. The van der Waals surface area contributed by atoms with E-state index in [1.807, 2.05) is 11.3 Å². The minimum absolute atomic E-state index is 0.558. The van der Waals surface area contributed by atoms with Crippen LogP contribution in [0.15, 0.2) is 23.7 Å². The number of aromatic nitrogens is 1. The van der Waals surface area contributed by atoms with Crippen molar-refractivity contribution < 1.29 is 33.4 Å². The van der Waals surface area contributed by atoms with Crippen molar-refractivity contribution in [1.29, 1.82) is 0 Å². The Morgan fingerprint density at radius 1 is 0.889 bits per heavy atom. The number of aryl methyl sites for hydroxylation is 1. The first kappa shape index (κ1) is 22.3. The summed E-state index contributed by atoms with van der Waals surface area (Å²) in [7, 11) is -4.94. The summed E-state index contributed by atoms with van der Waals surface area (Å²) < 4.78 is 36.5. The highest BCUT2D eigenvalue weighted by molar-refractivity contribution is 7.09. The second-order valence-corrected chi connectivity index (χ2v) is 9.19. The number of fused-ring (bicyclic) bond motifs is 1. The van der Waals surface area contributed by atoms with Crippen LogP contribution in [-0.4, -0.2) is 0 Å². The Bertz CT molecular complexity index is 721. The van der Waals surface area contributed by atoms with Gasteiger partial charge in [0, 0.05) is 17.5 Å². The number of hydrogen-bond donors (Lipinski definition) is 0. The Hall–Kier alpha value is -1.02. The van der Waals surface area contributed by atoms with E-state index in [-0.39, 0.29) is 0 Å². The monoisotopic (exact) mass is 413 g/mol. The largest absolute Gasteiger partial charge is 0.231 e. The van der Waals surface area contributed by atoms with Gasteiger partial charge in [-0.25, -0.2) is 18.6 Å². The molecule has 0 atom stereocenters. The van der Waals surface area contributed by atoms with Crippen LogP contribution in [-0.2, 0) is 12.8 Å². The zero-order valence-corrected chi connectivity index (χ0v) is 17.9. The van der Waals surface area contributed by atoms with E-state index in [4.69, 9.17) is 18.6 Å². The van der Waals surface area contributed by atoms with E-state index in [1.165, 1.54) is 48.9 Å². The highest BCUT2D eigenvalue weighted by Crippen LogP contribution is 2.31. The molecule has 1 aliphatic carbocycles. The molecule has 1 heterocycles. The van der Waals surface area contributed by atoms with E-state index < -0.39 is 10.2 Å². The molecule has 0 saturated heterocycles. The fraction of sp³-hybridized carbons (Fsp3) is 0.550. The summed E-state index contributed by atoms with van der Waals surface area (Å²) in [6, 6.07) is 6.87. The van der Waals surface area contributed by atoms with E-state index in [0.29, 0.717) is 11.8 Å². The Labute approximate surface area is 167 Å². The molecule has 150 valence electrons. The molecule has 1 aromatic heterocycles. The first-order valence-electron chi connectivity index (χ1n) is 9.35. The maximum atomic E-state index is 8.49. The minimum atomic E-state index is -4.94. The number of benzene rings is 1. The average Bonchev–Trinajstić information content (AvgIpc) is 2.80. The van der Waals surface area contributed by atoms with Crippen LogP contribution in [0.25, 0.3) is 5.69 Å². The molecule has 0 unspecified atom stereocenters. The maximum Gasteiger partial charge on any atom is 0.231 e. The molecule has 0 bridgehead atoms. The molecule has 0 amide bonds. The predicted octanol–water partition coefficient (Wildman–Crippen LogP) is 0.784. The smallest absolute Gasteiger partial charge is 0.222 e. The first-order valence-corrected chi connectivity index (χ1v) is 11.5. The van der Waals surface area contributed by atoms with Crippen LogP contribution in [0.2, 0.25) is 0 Å². The highest BCUT2D eigenvalue weighted by Gasteiger charge is 2.28. The van der Waals surface area contributed by atoms with Crippen LogP contribution < -0.4 is 23.2 Å². The third-order valence-corrected chi connectivity index (χ3v) is 5.85. The molecule has 0 radical (unpaired) electrons. The van der Waals surface area contributed by atoms with E-state index in [0.717, 1.165) is 0 Å². The standard InChI is InChI=1S/C20H28NS.ClHO4/c1-14(2)16-9-8-10-17(15(3)4)20(16)21-13-22-19-12-7-5-6-11-18(19)21;2-1(3,4)5/h8-10,13-15H,5-7,11-12H2,1-4H3;(H,2,3,4,5)/q+1;/p-1. The third kappa shape index (κ3) is 6.24. The molecular formula is C20H28ClNO4S. The van der Waals surface area contributed by atoms with Crippen LogP contribution in [0, 0.1) is 10.2 Å². The van der Waals surface area contributed by atoms with Crippen molar-refractivity contribution in [2.75, 3.05) is 0 Å². The summed E-state index contributed by atoms with van der Waals surface area (Å²) in [6.07, 6.45) is 6.59. The van der Waals surface area contributed by atoms with Crippen LogP contribution in [0.1, 0.15) is 80.5 Å². The highest BCUT2D eigenvalue weighted by atomic mass is 35.7. The summed E-state index contributed by atoms with van der Waals surface area (Å²) in [5.41, 5.74) is 8.38. The molecule has 0 aliphatic heterocycles. The molecule has 1 aromatic carbocycles. The van der Waals surface area contributed by atoms with Gasteiger partial charge in [0.2, 0.25) is 16.9 Å². The number of para-hydroxylation sites is 1. The van der Waals surface area contributed by atoms with Crippen molar-refractivity contribution in [3.8, 4) is 5.69 Å². The summed E-state index contributed by atoms with van der Waals surface area (Å²) in [5.74, 6) is 1.12. The molecule has 5 nitrogen and oxygen atoms in total. The van der Waals surface area contributed by atoms with Crippen molar-refractivity contribution in [1.82, 2.24) is 0 Å². The lowest BCUT2D eigenvalue weighted by atomic mass is 9.92. The topological polar surface area (TPSA) is 96.1 Å².